The van der Waals surface area contributed by atoms with Crippen LogP contribution in [0.2, 0.25) is 0 Å². The standard InChI is InChI=1S/C14H22FN3/c1-9-3-2-4-10(7-9)14(18-17)12-8-11(15)5-6-13(12)16/h5-6,8-10,14,18H,2-4,7,16-17H2,1H3. The number of hydrogen-bond donors (Lipinski definition) is 3. The lowest BCUT2D eigenvalue weighted by Crippen LogP contribution is -2.36. The summed E-state index contributed by atoms with van der Waals surface area (Å²) in [6, 6.07) is 4.44. The highest BCUT2D eigenvalue weighted by Crippen LogP contribution is 2.38. The first kappa shape index (κ1) is 13.3. The first-order valence-corrected chi connectivity index (χ1v) is 6.63. The Labute approximate surface area is 108 Å². The van der Waals surface area contributed by atoms with Crippen LogP contribution in [0.5, 0.6) is 0 Å². The van der Waals surface area contributed by atoms with Gasteiger partial charge >= 0.3 is 0 Å². The highest BCUT2D eigenvalue weighted by atomic mass is 19.1. The SMILES string of the molecule is CC1CCCC(C(NN)c2cc(F)ccc2N)C1. The zero-order valence-electron chi connectivity index (χ0n) is 10.8. The van der Waals surface area contributed by atoms with Gasteiger partial charge in [0.05, 0.1) is 6.04 Å². The average Bonchev–Trinajstić information content (AvgIpc) is 2.35. The summed E-state index contributed by atoms with van der Waals surface area (Å²) in [5.41, 5.74) is 10.2. The van der Waals surface area contributed by atoms with Crippen LogP contribution in [0, 0.1) is 17.7 Å². The highest BCUT2D eigenvalue weighted by molar-refractivity contribution is 5.48. The lowest BCUT2D eigenvalue weighted by atomic mass is 9.76. The van der Waals surface area contributed by atoms with Gasteiger partial charge in [0.25, 0.3) is 0 Å². The minimum absolute atomic E-state index is 0.0524. The number of halogens is 1. The van der Waals surface area contributed by atoms with Crippen molar-refractivity contribution in [2.24, 2.45) is 17.7 Å². The molecule has 0 radical (unpaired) electrons. The van der Waals surface area contributed by atoms with Crippen molar-refractivity contribution in [1.82, 2.24) is 5.43 Å². The van der Waals surface area contributed by atoms with Gasteiger partial charge in [-0.15, -0.1) is 0 Å². The fourth-order valence-corrected chi connectivity index (χ4v) is 3.08. The molecule has 0 aliphatic heterocycles. The third-order valence-electron chi connectivity index (χ3n) is 4.01. The number of hydrazine groups is 1. The highest BCUT2D eigenvalue weighted by Gasteiger charge is 2.28. The number of anilines is 1. The maximum absolute atomic E-state index is 13.4. The zero-order chi connectivity index (χ0) is 13.1. The normalized spacial score (nSPS) is 25.9. The molecule has 1 saturated carbocycles. The third kappa shape index (κ3) is 2.82. The Balaban J connectivity index is 2.24. The van der Waals surface area contributed by atoms with Gasteiger partial charge < -0.3 is 5.73 Å². The van der Waals surface area contributed by atoms with E-state index in [9.17, 15) is 4.39 Å². The lowest BCUT2D eigenvalue weighted by molar-refractivity contribution is 0.224. The number of benzene rings is 1. The summed E-state index contributed by atoms with van der Waals surface area (Å²) in [7, 11) is 0. The predicted molar refractivity (Wildman–Crippen MR) is 72.0 cm³/mol. The number of nitrogen functional groups attached to an aromatic ring is 1. The Bertz CT molecular complexity index is 408. The van der Waals surface area contributed by atoms with E-state index in [0.29, 0.717) is 17.5 Å². The minimum Gasteiger partial charge on any atom is -0.398 e. The van der Waals surface area contributed by atoms with E-state index in [0.717, 1.165) is 18.4 Å². The molecule has 1 aromatic rings. The van der Waals surface area contributed by atoms with E-state index in [1.807, 2.05) is 0 Å². The molecule has 1 aliphatic rings. The van der Waals surface area contributed by atoms with Gasteiger partial charge in [0.2, 0.25) is 0 Å². The van der Waals surface area contributed by atoms with Gasteiger partial charge in [0.15, 0.2) is 0 Å². The first-order chi connectivity index (χ1) is 8.61. The van der Waals surface area contributed by atoms with Crippen molar-refractivity contribution in [3.63, 3.8) is 0 Å². The summed E-state index contributed by atoms with van der Waals surface area (Å²) >= 11 is 0. The summed E-state index contributed by atoms with van der Waals surface area (Å²) < 4.78 is 13.4. The predicted octanol–water partition coefficient (Wildman–Crippen LogP) is 2.74. The van der Waals surface area contributed by atoms with Gasteiger partial charge in [-0.25, -0.2) is 4.39 Å². The number of rotatable bonds is 3. The first-order valence-electron chi connectivity index (χ1n) is 6.63. The van der Waals surface area contributed by atoms with E-state index >= 15 is 0 Å². The van der Waals surface area contributed by atoms with Crippen molar-refractivity contribution in [3.8, 4) is 0 Å². The topological polar surface area (TPSA) is 64.1 Å². The summed E-state index contributed by atoms with van der Waals surface area (Å²) in [5, 5.41) is 0. The smallest absolute Gasteiger partial charge is 0.123 e. The molecule has 0 amide bonds. The molecule has 3 nitrogen and oxygen atoms in total. The van der Waals surface area contributed by atoms with E-state index in [2.05, 4.69) is 12.3 Å². The van der Waals surface area contributed by atoms with Gasteiger partial charge in [0, 0.05) is 5.69 Å². The second-order valence-electron chi connectivity index (χ2n) is 5.45. The second-order valence-corrected chi connectivity index (χ2v) is 5.45. The van der Waals surface area contributed by atoms with E-state index in [-0.39, 0.29) is 11.9 Å². The molecule has 0 aromatic heterocycles. The van der Waals surface area contributed by atoms with Crippen LogP contribution in [0.25, 0.3) is 0 Å². The molecule has 3 unspecified atom stereocenters. The van der Waals surface area contributed by atoms with Gasteiger partial charge in [0.1, 0.15) is 5.82 Å². The van der Waals surface area contributed by atoms with Crippen molar-refractivity contribution in [1.29, 1.82) is 0 Å². The Kier molecular flexibility index (Phi) is 4.19. The van der Waals surface area contributed by atoms with Crippen LogP contribution in [-0.2, 0) is 0 Å². The van der Waals surface area contributed by atoms with Gasteiger partial charge in [-0.05, 0) is 48.4 Å². The van der Waals surface area contributed by atoms with Crippen molar-refractivity contribution in [3.05, 3.63) is 29.6 Å². The molecule has 0 heterocycles. The number of nitrogens with one attached hydrogen (secondary N) is 1. The zero-order valence-corrected chi connectivity index (χ0v) is 10.8. The summed E-state index contributed by atoms with van der Waals surface area (Å²) in [6.45, 7) is 2.26. The van der Waals surface area contributed by atoms with Crippen LogP contribution in [-0.4, -0.2) is 0 Å². The fourth-order valence-electron chi connectivity index (χ4n) is 3.08. The van der Waals surface area contributed by atoms with Crippen molar-refractivity contribution in [2.45, 2.75) is 38.6 Å². The minimum atomic E-state index is -0.261. The van der Waals surface area contributed by atoms with Gasteiger partial charge in [-0.3, -0.25) is 11.3 Å². The molecular formula is C14H22FN3. The molecule has 3 atom stereocenters. The van der Waals surface area contributed by atoms with E-state index in [4.69, 9.17) is 11.6 Å². The van der Waals surface area contributed by atoms with Crippen LogP contribution in [0.1, 0.15) is 44.2 Å². The second kappa shape index (κ2) is 5.67. The van der Waals surface area contributed by atoms with Crippen LogP contribution in [0.15, 0.2) is 18.2 Å². The molecule has 100 valence electrons. The molecular weight excluding hydrogens is 229 g/mol. The van der Waals surface area contributed by atoms with Crippen LogP contribution < -0.4 is 17.0 Å². The molecule has 18 heavy (non-hydrogen) atoms. The number of hydrogen-bond acceptors (Lipinski definition) is 3. The molecule has 2 rings (SSSR count). The molecule has 5 N–H and O–H groups in total. The maximum atomic E-state index is 13.4. The van der Waals surface area contributed by atoms with Crippen LogP contribution in [0.3, 0.4) is 0 Å². The monoisotopic (exact) mass is 251 g/mol. The maximum Gasteiger partial charge on any atom is 0.123 e. The molecule has 4 heteroatoms. The summed E-state index contributed by atoms with van der Waals surface area (Å²) in [6.07, 6.45) is 4.71. The third-order valence-corrected chi connectivity index (χ3v) is 4.01. The van der Waals surface area contributed by atoms with Crippen LogP contribution >= 0.6 is 0 Å². The molecule has 0 spiro atoms. The fraction of sp³-hybridized carbons (Fsp3) is 0.571. The molecule has 1 fully saturated rings. The Morgan fingerprint density at radius 1 is 1.39 bits per heavy atom. The Hall–Kier alpha value is -1.13. The molecule has 1 aliphatic carbocycles. The average molecular weight is 251 g/mol. The van der Waals surface area contributed by atoms with Gasteiger partial charge in [-0.2, -0.15) is 0 Å². The van der Waals surface area contributed by atoms with Crippen molar-refractivity contribution in [2.75, 3.05) is 5.73 Å². The largest absolute Gasteiger partial charge is 0.398 e. The van der Waals surface area contributed by atoms with Crippen molar-refractivity contribution < 1.29 is 4.39 Å². The number of nitrogens with two attached hydrogens (primary N) is 2. The molecule has 0 saturated heterocycles. The Morgan fingerprint density at radius 2 is 2.17 bits per heavy atom. The van der Waals surface area contributed by atoms with E-state index < -0.39 is 0 Å². The van der Waals surface area contributed by atoms with E-state index in [1.54, 1.807) is 6.07 Å². The lowest BCUT2D eigenvalue weighted by Gasteiger charge is -2.33. The van der Waals surface area contributed by atoms with Crippen molar-refractivity contribution >= 4 is 5.69 Å². The quantitative estimate of drug-likeness (QED) is 0.439. The molecule has 0 bridgehead atoms. The molecule has 1 aromatic carbocycles. The Morgan fingerprint density at radius 3 is 2.83 bits per heavy atom. The van der Waals surface area contributed by atoms with Gasteiger partial charge in [-0.1, -0.05) is 19.8 Å². The van der Waals surface area contributed by atoms with Crippen LogP contribution in [0.4, 0.5) is 10.1 Å². The van der Waals surface area contributed by atoms with E-state index in [1.165, 1.54) is 25.0 Å². The summed E-state index contributed by atoms with van der Waals surface area (Å²) in [4.78, 5) is 0. The summed E-state index contributed by atoms with van der Waals surface area (Å²) in [5.74, 6) is 6.55.